The first-order valence-electron chi connectivity index (χ1n) is 3.59. The lowest BCUT2D eigenvalue weighted by molar-refractivity contribution is 0.419. The van der Waals surface area contributed by atoms with Crippen LogP contribution >= 0.6 is 0 Å². The Bertz CT molecular complexity index is 413. The van der Waals surface area contributed by atoms with E-state index in [1.807, 2.05) is 0 Å². The highest BCUT2D eigenvalue weighted by Crippen LogP contribution is 2.19. The minimum absolute atomic E-state index is 0.0716. The van der Waals surface area contributed by atoms with E-state index >= 15 is 0 Å². The van der Waals surface area contributed by atoms with E-state index in [1.165, 1.54) is 24.6 Å². The van der Waals surface area contributed by atoms with Crippen LogP contribution in [-0.4, -0.2) is 10.1 Å². The van der Waals surface area contributed by atoms with Gasteiger partial charge in [-0.05, 0) is 18.2 Å². The fourth-order valence-corrected chi connectivity index (χ4v) is 0.981. The maximum absolute atomic E-state index is 12.8. The number of nitrogens with two attached hydrogens (primary N) is 1. The summed E-state index contributed by atoms with van der Waals surface area (Å²) in [4.78, 5) is 3.80. The van der Waals surface area contributed by atoms with E-state index in [2.05, 4.69) is 14.7 Å². The van der Waals surface area contributed by atoms with E-state index in [-0.39, 0.29) is 5.69 Å². The van der Waals surface area contributed by atoms with Crippen LogP contribution in [0.1, 0.15) is 0 Å². The van der Waals surface area contributed by atoms with Crippen LogP contribution < -0.4 is 5.73 Å². The second kappa shape index (κ2) is 2.85. The van der Waals surface area contributed by atoms with Crippen LogP contribution in [-0.2, 0) is 0 Å². The number of hydrogen-bond acceptors (Lipinski definition) is 4. The standard InChI is InChI=1S/C8H6FN3O/c9-6-2-1-5(3-7(6)10)8-11-4-13-12-8/h1-4H,10H2. The number of anilines is 1. The van der Waals surface area contributed by atoms with Gasteiger partial charge < -0.3 is 10.3 Å². The predicted octanol–water partition coefficient (Wildman–Crippen LogP) is 1.46. The number of rotatable bonds is 1. The molecule has 4 nitrogen and oxygen atoms in total. The summed E-state index contributed by atoms with van der Waals surface area (Å²) in [5.74, 6) is -0.0565. The van der Waals surface area contributed by atoms with Crippen LogP contribution in [0.15, 0.2) is 29.1 Å². The van der Waals surface area contributed by atoms with Crippen molar-refractivity contribution in [1.29, 1.82) is 0 Å². The molecule has 0 amide bonds. The van der Waals surface area contributed by atoms with Crippen molar-refractivity contribution in [1.82, 2.24) is 10.1 Å². The number of nitrogens with zero attached hydrogens (tertiary/aromatic N) is 2. The van der Waals surface area contributed by atoms with E-state index < -0.39 is 5.82 Å². The van der Waals surface area contributed by atoms with Crippen LogP contribution in [0.5, 0.6) is 0 Å². The average molecular weight is 179 g/mol. The van der Waals surface area contributed by atoms with Gasteiger partial charge in [-0.3, -0.25) is 0 Å². The molecule has 0 aliphatic heterocycles. The molecule has 1 aromatic heterocycles. The lowest BCUT2D eigenvalue weighted by atomic mass is 10.2. The number of halogens is 1. The van der Waals surface area contributed by atoms with Gasteiger partial charge in [-0.25, -0.2) is 4.39 Å². The maximum atomic E-state index is 12.8. The third kappa shape index (κ3) is 1.35. The molecule has 2 aromatic rings. The number of aromatic nitrogens is 2. The van der Waals surface area contributed by atoms with E-state index in [0.717, 1.165) is 0 Å². The number of nitrogen functional groups attached to an aromatic ring is 1. The zero-order valence-electron chi connectivity index (χ0n) is 6.57. The molecule has 0 aliphatic rings. The van der Waals surface area contributed by atoms with Gasteiger partial charge in [0.05, 0.1) is 5.69 Å². The Morgan fingerprint density at radius 3 is 2.85 bits per heavy atom. The van der Waals surface area contributed by atoms with Crippen molar-refractivity contribution in [2.75, 3.05) is 5.73 Å². The fourth-order valence-electron chi connectivity index (χ4n) is 0.981. The zero-order chi connectivity index (χ0) is 9.26. The molecule has 0 bridgehead atoms. The van der Waals surface area contributed by atoms with Crippen molar-refractivity contribution in [2.24, 2.45) is 0 Å². The highest BCUT2D eigenvalue weighted by atomic mass is 19.1. The van der Waals surface area contributed by atoms with Crippen LogP contribution in [0.4, 0.5) is 10.1 Å². The first-order chi connectivity index (χ1) is 6.27. The summed E-state index contributed by atoms with van der Waals surface area (Å²) in [6.07, 6.45) is 1.20. The van der Waals surface area contributed by atoms with Crippen LogP contribution in [0, 0.1) is 5.82 Å². The molecular weight excluding hydrogens is 173 g/mol. The minimum atomic E-state index is -0.452. The summed E-state index contributed by atoms with van der Waals surface area (Å²) in [5.41, 5.74) is 6.07. The van der Waals surface area contributed by atoms with Gasteiger partial charge in [0.2, 0.25) is 12.2 Å². The van der Waals surface area contributed by atoms with Crippen LogP contribution in [0.25, 0.3) is 11.4 Å². The maximum Gasteiger partial charge on any atom is 0.214 e. The Kier molecular flexibility index (Phi) is 1.70. The average Bonchev–Trinajstić information content (AvgIpc) is 2.62. The molecule has 0 unspecified atom stereocenters. The van der Waals surface area contributed by atoms with Gasteiger partial charge in [0.25, 0.3) is 0 Å². The van der Waals surface area contributed by atoms with E-state index in [1.54, 1.807) is 0 Å². The molecule has 2 rings (SSSR count). The molecule has 0 aliphatic carbocycles. The van der Waals surface area contributed by atoms with Crippen LogP contribution in [0.3, 0.4) is 0 Å². The van der Waals surface area contributed by atoms with E-state index in [9.17, 15) is 4.39 Å². The molecule has 66 valence electrons. The molecule has 0 saturated carbocycles. The van der Waals surface area contributed by atoms with Crippen molar-refractivity contribution in [3.05, 3.63) is 30.4 Å². The third-order valence-corrected chi connectivity index (χ3v) is 1.62. The largest absolute Gasteiger partial charge is 0.396 e. The topological polar surface area (TPSA) is 64.9 Å². The first kappa shape index (κ1) is 7.72. The molecule has 13 heavy (non-hydrogen) atoms. The van der Waals surface area contributed by atoms with Crippen molar-refractivity contribution < 1.29 is 8.91 Å². The Balaban J connectivity index is 2.49. The van der Waals surface area contributed by atoms with E-state index in [4.69, 9.17) is 5.73 Å². The van der Waals surface area contributed by atoms with Crippen molar-refractivity contribution in [2.45, 2.75) is 0 Å². The van der Waals surface area contributed by atoms with E-state index in [0.29, 0.717) is 11.4 Å². The van der Waals surface area contributed by atoms with Gasteiger partial charge in [0.1, 0.15) is 5.82 Å². The molecule has 5 heteroatoms. The molecule has 0 atom stereocenters. The number of benzene rings is 1. The summed E-state index contributed by atoms with van der Waals surface area (Å²) in [6, 6.07) is 4.26. The summed E-state index contributed by atoms with van der Waals surface area (Å²) in [7, 11) is 0. The minimum Gasteiger partial charge on any atom is -0.396 e. The third-order valence-electron chi connectivity index (χ3n) is 1.62. The van der Waals surface area contributed by atoms with Gasteiger partial charge in [0.15, 0.2) is 0 Å². The molecule has 1 heterocycles. The predicted molar refractivity (Wildman–Crippen MR) is 44.1 cm³/mol. The summed E-state index contributed by atoms with van der Waals surface area (Å²) >= 11 is 0. The smallest absolute Gasteiger partial charge is 0.214 e. The van der Waals surface area contributed by atoms with Gasteiger partial charge >= 0.3 is 0 Å². The number of hydrogen-bond donors (Lipinski definition) is 1. The van der Waals surface area contributed by atoms with Crippen molar-refractivity contribution >= 4 is 5.69 Å². The summed E-state index contributed by atoms with van der Waals surface area (Å²) < 4.78 is 17.3. The Morgan fingerprint density at radius 2 is 2.23 bits per heavy atom. The molecule has 0 saturated heterocycles. The fraction of sp³-hybridized carbons (Fsp3) is 0. The highest BCUT2D eigenvalue weighted by molar-refractivity contribution is 5.60. The van der Waals surface area contributed by atoms with Gasteiger partial charge in [-0.1, -0.05) is 5.16 Å². The molecule has 1 aromatic carbocycles. The lowest BCUT2D eigenvalue weighted by Crippen LogP contribution is -1.91. The second-order valence-corrected chi connectivity index (χ2v) is 2.49. The van der Waals surface area contributed by atoms with Crippen molar-refractivity contribution in [3.8, 4) is 11.4 Å². The summed E-state index contributed by atoms with van der Waals surface area (Å²) in [6.45, 7) is 0. The van der Waals surface area contributed by atoms with Gasteiger partial charge in [0, 0.05) is 5.56 Å². The SMILES string of the molecule is Nc1cc(-c2ncon2)ccc1F. The highest BCUT2D eigenvalue weighted by Gasteiger charge is 2.05. The molecule has 2 N–H and O–H groups in total. The van der Waals surface area contributed by atoms with Crippen molar-refractivity contribution in [3.63, 3.8) is 0 Å². The zero-order valence-corrected chi connectivity index (χ0v) is 6.57. The van der Waals surface area contributed by atoms with Gasteiger partial charge in [-0.15, -0.1) is 0 Å². The Labute approximate surface area is 73.2 Å². The second-order valence-electron chi connectivity index (χ2n) is 2.49. The molecule has 0 spiro atoms. The van der Waals surface area contributed by atoms with Crippen LogP contribution in [0.2, 0.25) is 0 Å². The Hall–Kier alpha value is -1.91. The molecular formula is C8H6FN3O. The summed E-state index contributed by atoms with van der Waals surface area (Å²) in [5, 5.41) is 3.59. The quantitative estimate of drug-likeness (QED) is 0.673. The molecule has 0 fully saturated rings. The first-order valence-corrected chi connectivity index (χ1v) is 3.59. The Morgan fingerprint density at radius 1 is 1.38 bits per heavy atom. The molecule has 0 radical (unpaired) electrons. The monoisotopic (exact) mass is 179 g/mol. The lowest BCUT2D eigenvalue weighted by Gasteiger charge is -1.97. The normalized spacial score (nSPS) is 10.2. The van der Waals surface area contributed by atoms with Gasteiger partial charge in [-0.2, -0.15) is 4.98 Å².